The van der Waals surface area contributed by atoms with Crippen molar-refractivity contribution in [1.82, 2.24) is 4.98 Å². The molecule has 0 radical (unpaired) electrons. The van der Waals surface area contributed by atoms with Gasteiger partial charge in [-0.2, -0.15) is 13.2 Å². The van der Waals surface area contributed by atoms with Crippen LogP contribution in [0.15, 0.2) is 18.3 Å². The standard InChI is InChI=1S/C8H7F3N2O/c9-8(10,11)3-5-1-2-6(7(12)14)13-4-5/h1-2,4H,3H2,(H2,12,14). The van der Waals surface area contributed by atoms with Gasteiger partial charge in [0.15, 0.2) is 0 Å². The molecule has 1 aromatic heterocycles. The van der Waals surface area contributed by atoms with Crippen molar-refractivity contribution in [3.05, 3.63) is 29.6 Å². The van der Waals surface area contributed by atoms with Crippen LogP contribution < -0.4 is 5.73 Å². The third-order valence-corrected chi connectivity index (χ3v) is 1.48. The zero-order chi connectivity index (χ0) is 10.8. The Balaban J connectivity index is 2.79. The molecule has 1 heterocycles. The van der Waals surface area contributed by atoms with Crippen LogP contribution >= 0.6 is 0 Å². The van der Waals surface area contributed by atoms with Crippen molar-refractivity contribution in [1.29, 1.82) is 0 Å². The minimum Gasteiger partial charge on any atom is -0.364 e. The van der Waals surface area contributed by atoms with E-state index < -0.39 is 18.5 Å². The number of hydrogen-bond donors (Lipinski definition) is 1. The van der Waals surface area contributed by atoms with Gasteiger partial charge in [0.1, 0.15) is 5.69 Å². The fraction of sp³-hybridized carbons (Fsp3) is 0.250. The van der Waals surface area contributed by atoms with Gasteiger partial charge in [-0.15, -0.1) is 0 Å². The summed E-state index contributed by atoms with van der Waals surface area (Å²) in [6.07, 6.45) is -4.33. The molecule has 0 fully saturated rings. The van der Waals surface area contributed by atoms with E-state index in [-0.39, 0.29) is 11.3 Å². The van der Waals surface area contributed by atoms with Gasteiger partial charge in [0.05, 0.1) is 6.42 Å². The van der Waals surface area contributed by atoms with E-state index in [0.29, 0.717) is 0 Å². The van der Waals surface area contributed by atoms with E-state index in [4.69, 9.17) is 5.73 Å². The highest BCUT2D eigenvalue weighted by Gasteiger charge is 2.27. The minimum absolute atomic E-state index is 0.00231. The number of rotatable bonds is 2. The molecule has 2 N–H and O–H groups in total. The number of aromatic nitrogens is 1. The molecule has 0 aliphatic heterocycles. The number of amides is 1. The first-order valence-corrected chi connectivity index (χ1v) is 3.70. The van der Waals surface area contributed by atoms with Crippen molar-refractivity contribution < 1.29 is 18.0 Å². The van der Waals surface area contributed by atoms with Crippen molar-refractivity contribution in [3.8, 4) is 0 Å². The van der Waals surface area contributed by atoms with Crippen LogP contribution in [0.2, 0.25) is 0 Å². The van der Waals surface area contributed by atoms with Crippen LogP contribution in [0.25, 0.3) is 0 Å². The minimum atomic E-state index is -4.27. The Morgan fingerprint density at radius 3 is 2.43 bits per heavy atom. The van der Waals surface area contributed by atoms with Crippen LogP contribution in [0.3, 0.4) is 0 Å². The summed E-state index contributed by atoms with van der Waals surface area (Å²) >= 11 is 0. The Hall–Kier alpha value is -1.59. The summed E-state index contributed by atoms with van der Waals surface area (Å²) in [6.45, 7) is 0. The fourth-order valence-electron chi connectivity index (χ4n) is 0.906. The molecule has 0 unspecified atom stereocenters. The molecule has 0 aliphatic carbocycles. The topological polar surface area (TPSA) is 56.0 Å². The van der Waals surface area contributed by atoms with E-state index in [1.54, 1.807) is 0 Å². The highest BCUT2D eigenvalue weighted by atomic mass is 19.4. The van der Waals surface area contributed by atoms with Gasteiger partial charge in [0.2, 0.25) is 0 Å². The van der Waals surface area contributed by atoms with Gasteiger partial charge < -0.3 is 5.73 Å². The zero-order valence-electron chi connectivity index (χ0n) is 7.01. The number of carbonyl (C=O) groups excluding carboxylic acids is 1. The van der Waals surface area contributed by atoms with Crippen LogP contribution in [0.1, 0.15) is 16.1 Å². The largest absolute Gasteiger partial charge is 0.393 e. The van der Waals surface area contributed by atoms with Crippen LogP contribution in [0.4, 0.5) is 13.2 Å². The lowest BCUT2D eigenvalue weighted by Crippen LogP contribution is -2.15. The molecule has 0 spiro atoms. The molecule has 1 rings (SSSR count). The summed E-state index contributed by atoms with van der Waals surface area (Å²) in [5.41, 5.74) is 4.82. The summed E-state index contributed by atoms with van der Waals surface area (Å²) in [5.74, 6) is -0.761. The molecule has 0 bridgehead atoms. The molecule has 3 nitrogen and oxygen atoms in total. The summed E-state index contributed by atoms with van der Waals surface area (Å²) in [6, 6.07) is 2.35. The lowest BCUT2D eigenvalue weighted by molar-refractivity contribution is -0.127. The van der Waals surface area contributed by atoms with Gasteiger partial charge >= 0.3 is 6.18 Å². The van der Waals surface area contributed by atoms with Crippen LogP contribution in [0, 0.1) is 0 Å². The maximum absolute atomic E-state index is 11.9. The van der Waals surface area contributed by atoms with Crippen molar-refractivity contribution in [2.24, 2.45) is 5.73 Å². The van der Waals surface area contributed by atoms with Crippen molar-refractivity contribution in [3.63, 3.8) is 0 Å². The van der Waals surface area contributed by atoms with E-state index >= 15 is 0 Å². The lowest BCUT2D eigenvalue weighted by Gasteiger charge is -2.05. The first kappa shape index (κ1) is 10.5. The highest BCUT2D eigenvalue weighted by molar-refractivity contribution is 5.90. The van der Waals surface area contributed by atoms with E-state index in [1.165, 1.54) is 12.1 Å². The molecule has 1 aromatic rings. The molecule has 76 valence electrons. The average molecular weight is 204 g/mol. The average Bonchev–Trinajstić information content (AvgIpc) is 2.02. The quantitative estimate of drug-likeness (QED) is 0.788. The molecule has 6 heteroatoms. The highest BCUT2D eigenvalue weighted by Crippen LogP contribution is 2.20. The van der Waals surface area contributed by atoms with Gasteiger partial charge in [-0.1, -0.05) is 6.07 Å². The number of nitrogens with two attached hydrogens (primary N) is 1. The predicted molar refractivity (Wildman–Crippen MR) is 42.5 cm³/mol. The number of hydrogen-bond acceptors (Lipinski definition) is 2. The number of carbonyl (C=O) groups is 1. The predicted octanol–water partition coefficient (Wildman–Crippen LogP) is 1.29. The second kappa shape index (κ2) is 3.65. The molecule has 14 heavy (non-hydrogen) atoms. The summed E-state index contributed by atoms with van der Waals surface area (Å²) in [5, 5.41) is 0. The maximum atomic E-state index is 11.9. The SMILES string of the molecule is NC(=O)c1ccc(CC(F)(F)F)cn1. The molecule has 0 aliphatic rings. The maximum Gasteiger partial charge on any atom is 0.393 e. The molecular weight excluding hydrogens is 197 g/mol. The smallest absolute Gasteiger partial charge is 0.364 e. The second-order valence-electron chi connectivity index (χ2n) is 2.71. The van der Waals surface area contributed by atoms with Crippen LogP contribution in [0.5, 0.6) is 0 Å². The molecular formula is C8H7F3N2O. The summed E-state index contributed by atoms with van der Waals surface area (Å²) < 4.78 is 35.6. The number of primary amides is 1. The number of pyridine rings is 1. The molecule has 0 aromatic carbocycles. The van der Waals surface area contributed by atoms with E-state index in [0.717, 1.165) is 6.20 Å². The lowest BCUT2D eigenvalue weighted by atomic mass is 10.2. The first-order valence-electron chi connectivity index (χ1n) is 3.70. The van der Waals surface area contributed by atoms with Gasteiger partial charge in [-0.25, -0.2) is 0 Å². The van der Waals surface area contributed by atoms with Gasteiger partial charge in [0, 0.05) is 6.20 Å². The molecule has 0 atom stereocenters. The fourth-order valence-corrected chi connectivity index (χ4v) is 0.906. The van der Waals surface area contributed by atoms with Crippen molar-refractivity contribution in [2.45, 2.75) is 12.6 Å². The number of halogens is 3. The van der Waals surface area contributed by atoms with Crippen LogP contribution in [-0.2, 0) is 6.42 Å². The normalized spacial score (nSPS) is 11.4. The molecule has 1 amide bonds. The third-order valence-electron chi connectivity index (χ3n) is 1.48. The van der Waals surface area contributed by atoms with Gasteiger partial charge in [-0.05, 0) is 11.6 Å². The molecule has 0 saturated carbocycles. The van der Waals surface area contributed by atoms with E-state index in [9.17, 15) is 18.0 Å². The van der Waals surface area contributed by atoms with E-state index in [1.807, 2.05) is 0 Å². The number of nitrogens with zero attached hydrogens (tertiary/aromatic N) is 1. The third kappa shape index (κ3) is 3.04. The van der Waals surface area contributed by atoms with Gasteiger partial charge in [0.25, 0.3) is 5.91 Å². The summed E-state index contributed by atoms with van der Waals surface area (Å²) in [7, 11) is 0. The van der Waals surface area contributed by atoms with Gasteiger partial charge in [-0.3, -0.25) is 9.78 Å². The Morgan fingerprint density at radius 1 is 1.43 bits per heavy atom. The Morgan fingerprint density at radius 2 is 2.07 bits per heavy atom. The monoisotopic (exact) mass is 204 g/mol. The zero-order valence-corrected chi connectivity index (χ0v) is 7.01. The Kier molecular flexibility index (Phi) is 2.73. The second-order valence-corrected chi connectivity index (χ2v) is 2.71. The summed E-state index contributed by atoms with van der Waals surface area (Å²) in [4.78, 5) is 14.0. The van der Waals surface area contributed by atoms with Crippen LogP contribution in [-0.4, -0.2) is 17.1 Å². The first-order chi connectivity index (χ1) is 6.38. The molecule has 0 saturated heterocycles. The van der Waals surface area contributed by atoms with E-state index in [2.05, 4.69) is 4.98 Å². The van der Waals surface area contributed by atoms with Crippen molar-refractivity contribution >= 4 is 5.91 Å². The number of alkyl halides is 3. The Labute approximate surface area is 77.7 Å². The van der Waals surface area contributed by atoms with Crippen molar-refractivity contribution in [2.75, 3.05) is 0 Å². The Bertz CT molecular complexity index is 331.